The minimum absolute atomic E-state index is 0.0607. The molecule has 0 fully saturated rings. The van der Waals surface area contributed by atoms with Gasteiger partial charge in [0.25, 0.3) is 0 Å². The predicted octanol–water partition coefficient (Wildman–Crippen LogP) is 5.45. The fraction of sp³-hybridized carbons (Fsp3) is 0.250. The zero-order valence-electron chi connectivity index (χ0n) is 17.9. The first-order chi connectivity index (χ1) is 15.6. The van der Waals surface area contributed by atoms with Gasteiger partial charge in [0.15, 0.2) is 5.78 Å². The standard InChI is InChI=1S/C24H20F3N3O3/c1-14-6-7-16(10-18(14)24(25,26)27)11-22(32)23-12-19(29-33-23)15(2)9-21(31)17-13-28-30-8-4-3-5-20(17)30/h3-8,10,12-13,15H,9,11H2,1-2H3/t15-/m0/s1. The third-order valence-corrected chi connectivity index (χ3v) is 5.50. The molecular formula is C24H20F3N3O3. The Kier molecular flexibility index (Phi) is 5.88. The third kappa shape index (κ3) is 4.72. The molecule has 0 aliphatic carbocycles. The van der Waals surface area contributed by atoms with Crippen molar-refractivity contribution in [2.75, 3.05) is 0 Å². The van der Waals surface area contributed by atoms with Gasteiger partial charge < -0.3 is 4.52 Å². The maximum Gasteiger partial charge on any atom is 0.416 e. The van der Waals surface area contributed by atoms with Crippen molar-refractivity contribution in [1.82, 2.24) is 14.8 Å². The Morgan fingerprint density at radius 3 is 2.67 bits per heavy atom. The Balaban J connectivity index is 1.45. The SMILES string of the molecule is Cc1ccc(CC(=O)c2cc([C@@H](C)CC(=O)c3cnn4ccccc34)no2)cc1C(F)(F)F. The molecule has 4 rings (SSSR count). The summed E-state index contributed by atoms with van der Waals surface area (Å²) in [6.45, 7) is 3.15. The molecule has 0 aliphatic heterocycles. The summed E-state index contributed by atoms with van der Waals surface area (Å²) in [6, 6.07) is 10.7. The van der Waals surface area contributed by atoms with E-state index in [2.05, 4.69) is 10.3 Å². The van der Waals surface area contributed by atoms with Crippen molar-refractivity contribution in [2.24, 2.45) is 0 Å². The summed E-state index contributed by atoms with van der Waals surface area (Å²) in [7, 11) is 0. The zero-order valence-corrected chi connectivity index (χ0v) is 17.9. The number of benzene rings is 1. The molecule has 33 heavy (non-hydrogen) atoms. The van der Waals surface area contributed by atoms with Gasteiger partial charge in [0, 0.05) is 31.0 Å². The summed E-state index contributed by atoms with van der Waals surface area (Å²) in [4.78, 5) is 25.3. The number of halogens is 3. The van der Waals surface area contributed by atoms with Gasteiger partial charge in [-0.2, -0.15) is 18.3 Å². The first kappa shape index (κ1) is 22.4. The van der Waals surface area contributed by atoms with Crippen LogP contribution in [0.15, 0.2) is 59.4 Å². The minimum atomic E-state index is -4.49. The first-order valence-corrected chi connectivity index (χ1v) is 10.3. The maximum absolute atomic E-state index is 13.1. The van der Waals surface area contributed by atoms with Crippen LogP contribution < -0.4 is 0 Å². The summed E-state index contributed by atoms with van der Waals surface area (Å²) >= 11 is 0. The van der Waals surface area contributed by atoms with E-state index in [1.807, 2.05) is 12.1 Å². The molecule has 0 amide bonds. The van der Waals surface area contributed by atoms with Crippen LogP contribution in [0.2, 0.25) is 0 Å². The molecule has 3 heterocycles. The van der Waals surface area contributed by atoms with E-state index >= 15 is 0 Å². The van der Waals surface area contributed by atoms with E-state index in [4.69, 9.17) is 4.52 Å². The molecule has 1 atom stereocenters. The Hall–Kier alpha value is -3.75. The highest BCUT2D eigenvalue weighted by atomic mass is 19.4. The smallest absolute Gasteiger partial charge is 0.353 e. The summed E-state index contributed by atoms with van der Waals surface area (Å²) in [5.41, 5.74) is 1.15. The van der Waals surface area contributed by atoms with E-state index < -0.39 is 17.5 Å². The highest BCUT2D eigenvalue weighted by Gasteiger charge is 2.32. The fourth-order valence-electron chi connectivity index (χ4n) is 3.65. The van der Waals surface area contributed by atoms with Crippen LogP contribution in [0.1, 0.15) is 62.6 Å². The molecule has 0 saturated heterocycles. The van der Waals surface area contributed by atoms with Gasteiger partial charge in [-0.25, -0.2) is 4.52 Å². The zero-order chi connectivity index (χ0) is 23.8. The Morgan fingerprint density at radius 2 is 1.91 bits per heavy atom. The number of Topliss-reactive ketones (excluding diaryl/α,β-unsaturated/α-hetero) is 2. The van der Waals surface area contributed by atoms with Gasteiger partial charge in [0.2, 0.25) is 11.5 Å². The molecule has 6 nitrogen and oxygen atoms in total. The monoisotopic (exact) mass is 455 g/mol. The Morgan fingerprint density at radius 1 is 1.12 bits per heavy atom. The first-order valence-electron chi connectivity index (χ1n) is 10.3. The van der Waals surface area contributed by atoms with Crippen LogP contribution in [0.25, 0.3) is 5.52 Å². The van der Waals surface area contributed by atoms with Crippen molar-refractivity contribution in [3.05, 3.63) is 88.6 Å². The second-order valence-electron chi connectivity index (χ2n) is 7.98. The van der Waals surface area contributed by atoms with Crippen LogP contribution in [0.4, 0.5) is 13.2 Å². The van der Waals surface area contributed by atoms with Crippen molar-refractivity contribution < 1.29 is 27.3 Å². The number of nitrogens with zero attached hydrogens (tertiary/aromatic N) is 3. The molecule has 0 unspecified atom stereocenters. The number of ketones is 2. The van der Waals surface area contributed by atoms with Gasteiger partial charge in [-0.1, -0.05) is 30.3 Å². The number of alkyl halides is 3. The van der Waals surface area contributed by atoms with Crippen LogP contribution in [-0.4, -0.2) is 26.3 Å². The number of aryl methyl sites for hydroxylation is 1. The molecule has 3 aromatic heterocycles. The molecule has 0 N–H and O–H groups in total. The molecule has 0 saturated carbocycles. The third-order valence-electron chi connectivity index (χ3n) is 5.50. The second kappa shape index (κ2) is 8.65. The lowest BCUT2D eigenvalue weighted by atomic mass is 9.97. The molecule has 4 aromatic rings. The van der Waals surface area contributed by atoms with Gasteiger partial charge in [0.05, 0.1) is 28.5 Å². The van der Waals surface area contributed by atoms with Crippen LogP contribution in [0.5, 0.6) is 0 Å². The van der Waals surface area contributed by atoms with E-state index in [1.54, 1.807) is 23.7 Å². The number of hydrogen-bond donors (Lipinski definition) is 0. The maximum atomic E-state index is 13.1. The van der Waals surface area contributed by atoms with Crippen LogP contribution in [-0.2, 0) is 12.6 Å². The van der Waals surface area contributed by atoms with E-state index in [0.717, 1.165) is 6.07 Å². The van der Waals surface area contributed by atoms with Crippen molar-refractivity contribution >= 4 is 17.1 Å². The largest absolute Gasteiger partial charge is 0.416 e. The minimum Gasteiger partial charge on any atom is -0.353 e. The van der Waals surface area contributed by atoms with Gasteiger partial charge in [-0.05, 0) is 36.2 Å². The predicted molar refractivity (Wildman–Crippen MR) is 113 cm³/mol. The van der Waals surface area contributed by atoms with Gasteiger partial charge in [0.1, 0.15) is 0 Å². The fourth-order valence-corrected chi connectivity index (χ4v) is 3.65. The number of aromatic nitrogens is 3. The van der Waals surface area contributed by atoms with Crippen LogP contribution >= 0.6 is 0 Å². The second-order valence-corrected chi connectivity index (χ2v) is 7.98. The van der Waals surface area contributed by atoms with Crippen LogP contribution in [0, 0.1) is 6.92 Å². The highest BCUT2D eigenvalue weighted by Crippen LogP contribution is 2.32. The number of carbonyl (C=O) groups is 2. The van der Waals surface area contributed by atoms with Crippen molar-refractivity contribution in [3.63, 3.8) is 0 Å². The molecule has 0 aliphatic rings. The molecule has 0 radical (unpaired) electrons. The normalized spacial score (nSPS) is 12.8. The topological polar surface area (TPSA) is 77.5 Å². The van der Waals surface area contributed by atoms with Crippen LogP contribution in [0.3, 0.4) is 0 Å². The summed E-state index contributed by atoms with van der Waals surface area (Å²) < 4.78 is 46.1. The number of hydrogen-bond acceptors (Lipinski definition) is 5. The molecule has 0 spiro atoms. The summed E-state index contributed by atoms with van der Waals surface area (Å²) in [5.74, 6) is -1.02. The molecular weight excluding hydrogens is 435 g/mol. The Bertz CT molecular complexity index is 1340. The lowest BCUT2D eigenvalue weighted by Gasteiger charge is -2.11. The van der Waals surface area contributed by atoms with Crippen molar-refractivity contribution in [3.8, 4) is 0 Å². The Labute approximate surface area is 187 Å². The van der Waals surface area contributed by atoms with Gasteiger partial charge >= 0.3 is 6.18 Å². The summed E-state index contributed by atoms with van der Waals surface area (Å²) in [5, 5.41) is 8.06. The van der Waals surface area contributed by atoms with Crippen molar-refractivity contribution in [1.29, 1.82) is 0 Å². The summed E-state index contributed by atoms with van der Waals surface area (Å²) in [6.07, 6.45) is -1.36. The number of pyridine rings is 1. The average molecular weight is 455 g/mol. The molecule has 0 bridgehead atoms. The lowest BCUT2D eigenvalue weighted by Crippen LogP contribution is -2.10. The molecule has 9 heteroatoms. The average Bonchev–Trinajstić information content (AvgIpc) is 3.42. The van der Waals surface area contributed by atoms with Gasteiger partial charge in [-0.3, -0.25) is 9.59 Å². The molecule has 1 aromatic carbocycles. The quantitative estimate of drug-likeness (QED) is 0.346. The van der Waals surface area contributed by atoms with E-state index in [9.17, 15) is 22.8 Å². The van der Waals surface area contributed by atoms with E-state index in [1.165, 1.54) is 31.3 Å². The molecule has 170 valence electrons. The lowest BCUT2D eigenvalue weighted by molar-refractivity contribution is -0.138. The number of carbonyl (C=O) groups excluding carboxylic acids is 2. The number of fused-ring (bicyclic) bond motifs is 1. The van der Waals surface area contributed by atoms with E-state index in [0.29, 0.717) is 16.8 Å². The number of rotatable bonds is 7. The van der Waals surface area contributed by atoms with E-state index in [-0.39, 0.29) is 41.4 Å². The highest BCUT2D eigenvalue weighted by molar-refractivity contribution is 6.02. The van der Waals surface area contributed by atoms with Crippen molar-refractivity contribution in [2.45, 2.75) is 38.8 Å². The van der Waals surface area contributed by atoms with Gasteiger partial charge in [-0.15, -0.1) is 0 Å².